The van der Waals surface area contributed by atoms with E-state index in [1.165, 1.54) is 4.52 Å². The van der Waals surface area contributed by atoms with Crippen LogP contribution in [-0.2, 0) is 10.0 Å². The molecule has 1 saturated heterocycles. The van der Waals surface area contributed by atoms with Gasteiger partial charge < -0.3 is 15.5 Å². The number of sulfonamides is 1. The monoisotopic (exact) mass is 442 g/mol. The Hall–Kier alpha value is -1.69. The fourth-order valence-corrected chi connectivity index (χ4v) is 5.26. The van der Waals surface area contributed by atoms with Crippen LogP contribution in [-0.4, -0.2) is 72.0 Å². The fraction of sp³-hybridized carbons (Fsp3) is 0.706. The van der Waals surface area contributed by atoms with Crippen LogP contribution in [0.3, 0.4) is 0 Å². The molecule has 29 heavy (non-hydrogen) atoms. The number of aromatic nitrogens is 4. The van der Waals surface area contributed by atoms with E-state index < -0.39 is 10.0 Å². The second kappa shape index (κ2) is 7.86. The summed E-state index contributed by atoms with van der Waals surface area (Å²) in [5.74, 6) is 0.947. The molecular formula is C17H27ClN8O2S. The van der Waals surface area contributed by atoms with E-state index in [4.69, 9.17) is 11.6 Å². The van der Waals surface area contributed by atoms with Crippen LogP contribution in [0, 0.1) is 0 Å². The molecule has 1 aliphatic heterocycles. The first kappa shape index (κ1) is 20.6. The van der Waals surface area contributed by atoms with Crippen LogP contribution in [0.5, 0.6) is 0 Å². The van der Waals surface area contributed by atoms with Crippen molar-refractivity contribution in [1.29, 1.82) is 0 Å². The lowest BCUT2D eigenvalue weighted by Crippen LogP contribution is -2.67. The number of likely N-dealkylation sites (N-methyl/N-ethyl adjacent to an activating group) is 1. The molecule has 2 aromatic rings. The van der Waals surface area contributed by atoms with Gasteiger partial charge in [0.05, 0.1) is 11.3 Å². The predicted molar refractivity (Wildman–Crippen MR) is 113 cm³/mol. The van der Waals surface area contributed by atoms with Crippen LogP contribution in [0.4, 0.5) is 11.9 Å². The lowest BCUT2D eigenvalue weighted by molar-refractivity contribution is 0.299. The molecule has 0 radical (unpaired) electrons. The second-order valence-electron chi connectivity index (χ2n) is 8.10. The van der Waals surface area contributed by atoms with Crippen molar-refractivity contribution in [3.8, 4) is 0 Å². The summed E-state index contributed by atoms with van der Waals surface area (Å²) in [4.78, 5) is 11.2. The summed E-state index contributed by atoms with van der Waals surface area (Å²) in [5, 5.41) is 10.9. The van der Waals surface area contributed by atoms with Gasteiger partial charge in [-0.3, -0.25) is 0 Å². The van der Waals surface area contributed by atoms with Gasteiger partial charge >= 0.3 is 0 Å². The minimum atomic E-state index is -3.35. The molecule has 12 heteroatoms. The highest BCUT2D eigenvalue weighted by Crippen LogP contribution is 2.26. The van der Waals surface area contributed by atoms with Gasteiger partial charge in [0, 0.05) is 31.7 Å². The average molecular weight is 443 g/mol. The maximum atomic E-state index is 12.3. The number of halogens is 1. The molecule has 0 amide bonds. The number of anilines is 2. The van der Waals surface area contributed by atoms with Gasteiger partial charge in [-0.2, -0.15) is 19.6 Å². The van der Waals surface area contributed by atoms with Gasteiger partial charge in [-0.15, -0.1) is 0 Å². The Balaban J connectivity index is 1.46. The molecule has 160 valence electrons. The Morgan fingerprint density at radius 3 is 2.69 bits per heavy atom. The Morgan fingerprint density at radius 1 is 1.28 bits per heavy atom. The molecule has 3 heterocycles. The Bertz CT molecular complexity index is 983. The van der Waals surface area contributed by atoms with E-state index in [2.05, 4.69) is 42.2 Å². The van der Waals surface area contributed by atoms with Crippen molar-refractivity contribution in [1.82, 2.24) is 29.6 Å². The average Bonchev–Trinajstić information content (AvgIpc) is 3.26. The molecular weight excluding hydrogens is 416 g/mol. The van der Waals surface area contributed by atoms with Gasteiger partial charge in [-0.05, 0) is 26.8 Å². The van der Waals surface area contributed by atoms with Crippen LogP contribution in [0.15, 0.2) is 6.07 Å². The highest BCUT2D eigenvalue weighted by molar-refractivity contribution is 7.89. The minimum Gasteiger partial charge on any atom is -0.353 e. The van der Waals surface area contributed by atoms with Gasteiger partial charge in [0.15, 0.2) is 10.8 Å². The van der Waals surface area contributed by atoms with Crippen LogP contribution in [0.1, 0.15) is 32.6 Å². The molecule has 2 aliphatic rings. The largest absolute Gasteiger partial charge is 0.353 e. The van der Waals surface area contributed by atoms with Crippen LogP contribution < -0.4 is 20.3 Å². The SMILES string of the molecule is CNC1(C)CN(c2nc(NCCS(=O)(=O)NC3CCCC3)n3nc(Cl)cc3n2)C1. The molecule has 10 nitrogen and oxygen atoms in total. The van der Waals surface area contributed by atoms with Crippen molar-refractivity contribution in [2.45, 2.75) is 44.2 Å². The van der Waals surface area contributed by atoms with Crippen molar-refractivity contribution >= 4 is 39.2 Å². The van der Waals surface area contributed by atoms with Gasteiger partial charge in [0.2, 0.25) is 21.9 Å². The molecule has 1 aliphatic carbocycles. The van der Waals surface area contributed by atoms with Gasteiger partial charge in [0.25, 0.3) is 0 Å². The summed E-state index contributed by atoms with van der Waals surface area (Å²) in [7, 11) is -1.42. The van der Waals surface area contributed by atoms with Crippen molar-refractivity contribution in [2.75, 3.05) is 42.7 Å². The van der Waals surface area contributed by atoms with E-state index in [1.54, 1.807) is 6.07 Å². The number of nitrogens with zero attached hydrogens (tertiary/aromatic N) is 5. The maximum absolute atomic E-state index is 12.3. The van der Waals surface area contributed by atoms with Gasteiger partial charge in [-0.25, -0.2) is 13.1 Å². The summed E-state index contributed by atoms with van der Waals surface area (Å²) >= 11 is 6.05. The van der Waals surface area contributed by atoms with E-state index in [0.29, 0.717) is 22.7 Å². The summed E-state index contributed by atoms with van der Waals surface area (Å²) < 4.78 is 29.0. The second-order valence-corrected chi connectivity index (χ2v) is 10.4. The zero-order chi connectivity index (χ0) is 20.6. The standard InChI is InChI=1S/C17H27ClN8O2S/c1-17(19-2)10-25(11-17)16-21-14-9-13(18)23-26(14)15(22-16)20-7-8-29(27,28)24-12-5-3-4-6-12/h9,12,19,24H,3-8,10-11H2,1-2H3,(H,20,21,22). The summed E-state index contributed by atoms with van der Waals surface area (Å²) in [6.07, 6.45) is 3.98. The molecule has 4 rings (SSSR count). The molecule has 3 N–H and O–H groups in total. The number of hydrogen-bond donors (Lipinski definition) is 3. The highest BCUT2D eigenvalue weighted by Gasteiger charge is 2.39. The zero-order valence-corrected chi connectivity index (χ0v) is 18.2. The Labute approximate surface area is 175 Å². The molecule has 0 atom stereocenters. The lowest BCUT2D eigenvalue weighted by atomic mass is 9.93. The molecule has 0 spiro atoms. The zero-order valence-electron chi connectivity index (χ0n) is 16.7. The summed E-state index contributed by atoms with van der Waals surface area (Å²) in [6.45, 7) is 3.90. The quantitative estimate of drug-likeness (QED) is 0.551. The van der Waals surface area contributed by atoms with Crippen molar-refractivity contribution in [3.63, 3.8) is 0 Å². The minimum absolute atomic E-state index is 0.0287. The van der Waals surface area contributed by atoms with Crippen LogP contribution in [0.25, 0.3) is 5.65 Å². The number of rotatable bonds is 8. The van der Waals surface area contributed by atoms with Gasteiger partial charge in [0.1, 0.15) is 0 Å². The lowest BCUT2D eigenvalue weighted by Gasteiger charge is -2.47. The van der Waals surface area contributed by atoms with Crippen LogP contribution >= 0.6 is 11.6 Å². The third kappa shape index (κ3) is 4.57. The van der Waals surface area contributed by atoms with E-state index >= 15 is 0 Å². The van der Waals surface area contributed by atoms with Crippen LogP contribution in [0.2, 0.25) is 5.15 Å². The van der Waals surface area contributed by atoms with E-state index in [-0.39, 0.29) is 23.9 Å². The highest BCUT2D eigenvalue weighted by atomic mass is 35.5. The molecule has 0 bridgehead atoms. The first-order chi connectivity index (χ1) is 13.8. The normalized spacial score (nSPS) is 19.6. The van der Waals surface area contributed by atoms with Crippen molar-refractivity contribution in [2.24, 2.45) is 0 Å². The predicted octanol–water partition coefficient (Wildman–Crippen LogP) is 0.850. The molecule has 2 fully saturated rings. The smallest absolute Gasteiger partial charge is 0.230 e. The number of hydrogen-bond acceptors (Lipinski definition) is 8. The number of nitrogens with one attached hydrogen (secondary N) is 3. The van der Waals surface area contributed by atoms with Crippen molar-refractivity contribution in [3.05, 3.63) is 11.2 Å². The molecule has 0 unspecified atom stereocenters. The van der Waals surface area contributed by atoms with E-state index in [1.807, 2.05) is 7.05 Å². The molecule has 2 aromatic heterocycles. The first-order valence-corrected chi connectivity index (χ1v) is 11.9. The first-order valence-electron chi connectivity index (χ1n) is 9.88. The molecule has 0 aromatic carbocycles. The number of fused-ring (bicyclic) bond motifs is 1. The maximum Gasteiger partial charge on any atom is 0.230 e. The topological polar surface area (TPSA) is 117 Å². The van der Waals surface area contributed by atoms with E-state index in [0.717, 1.165) is 38.8 Å². The summed E-state index contributed by atoms with van der Waals surface area (Å²) in [6, 6.07) is 1.73. The molecule has 1 saturated carbocycles. The Morgan fingerprint density at radius 2 is 2.00 bits per heavy atom. The van der Waals surface area contributed by atoms with Crippen molar-refractivity contribution < 1.29 is 8.42 Å². The third-order valence-electron chi connectivity index (χ3n) is 5.60. The fourth-order valence-electron chi connectivity index (χ4n) is 3.85. The summed E-state index contributed by atoms with van der Waals surface area (Å²) in [5.41, 5.74) is 0.591. The van der Waals surface area contributed by atoms with E-state index in [9.17, 15) is 8.42 Å². The Kier molecular flexibility index (Phi) is 5.58. The third-order valence-corrected chi connectivity index (χ3v) is 7.22. The van der Waals surface area contributed by atoms with Gasteiger partial charge in [-0.1, -0.05) is 24.4 Å².